The third kappa shape index (κ3) is 32.9. The Morgan fingerprint density at radius 1 is 0.648 bits per heavy atom. The average molecular weight is 1610 g/mol. The number of phosphoric ester groups is 1. The van der Waals surface area contributed by atoms with Gasteiger partial charge in [-0.05, 0) is 94.6 Å². The molecule has 604 valence electrons. The Labute approximate surface area is 633 Å². The van der Waals surface area contributed by atoms with Gasteiger partial charge in [-0.1, -0.05) is 20.3 Å². The third-order valence-electron chi connectivity index (χ3n) is 16.9. The van der Waals surface area contributed by atoms with Crippen LogP contribution in [0.5, 0.6) is 0 Å². The zero-order chi connectivity index (χ0) is 80.4. The maximum absolute atomic E-state index is 14.3. The molecule has 0 aromatic carbocycles. The Morgan fingerprint density at radius 3 is 1.79 bits per heavy atom. The summed E-state index contributed by atoms with van der Waals surface area (Å²) >= 11 is 4.43. The number of aromatic amines is 1. The number of carboxylic acid groups (broad SMARTS) is 1. The zero-order valence-corrected chi connectivity index (χ0v) is 63.6. The largest absolute Gasteiger partial charge is 0.481 e. The monoisotopic (exact) mass is 1610 g/mol. The molecule has 3 aliphatic rings. The number of nitrogens with zero attached hydrogens (tertiary/aromatic N) is 2. The number of rotatable bonds is 50. The molecule has 3 aliphatic heterocycles. The van der Waals surface area contributed by atoms with Gasteiger partial charge in [-0.3, -0.25) is 81.2 Å². The molecule has 13 atom stereocenters. The lowest BCUT2D eigenvalue weighted by molar-refractivity contribution is -0.143. The predicted octanol–water partition coefficient (Wildman–Crippen LogP) is -7.33. The number of aromatic nitrogens is 2. The van der Waals surface area contributed by atoms with Crippen LogP contribution in [0.2, 0.25) is 0 Å². The molecule has 4 rings (SSSR count). The minimum absolute atomic E-state index is 0.0226. The van der Waals surface area contributed by atoms with Crippen molar-refractivity contribution in [1.29, 1.82) is 0 Å². The van der Waals surface area contributed by atoms with Crippen LogP contribution in [0.4, 0.5) is 4.79 Å². The highest BCUT2D eigenvalue weighted by Gasteiger charge is 2.44. The Kier molecular flexibility index (Phi) is 39.4. The zero-order valence-electron chi connectivity index (χ0n) is 60.3. The molecule has 0 radical (unpaired) electrons. The van der Waals surface area contributed by atoms with Gasteiger partial charge in [-0.2, -0.15) is 35.3 Å². The van der Waals surface area contributed by atoms with E-state index in [0.29, 0.717) is 24.3 Å². The van der Waals surface area contributed by atoms with E-state index >= 15 is 0 Å². The van der Waals surface area contributed by atoms with Crippen LogP contribution >= 0.6 is 43.1 Å². The van der Waals surface area contributed by atoms with Gasteiger partial charge in [-0.15, -0.1) is 0 Å². The molecule has 42 nitrogen and oxygen atoms in total. The van der Waals surface area contributed by atoms with Gasteiger partial charge in [0.1, 0.15) is 60.4 Å². The van der Waals surface area contributed by atoms with Crippen LogP contribution < -0.4 is 85.9 Å². The number of aliphatic carboxylic acids is 1. The van der Waals surface area contributed by atoms with Crippen molar-refractivity contribution >= 4 is 144 Å². The normalized spacial score (nSPS) is 18.3. The number of nitrogens with two attached hydrogens (primary N) is 2. The second-order valence-corrected chi connectivity index (χ2v) is 30.4. The lowest BCUT2D eigenvalue weighted by atomic mass is 10.0. The molecule has 0 saturated carbocycles. The fourth-order valence-corrected chi connectivity index (χ4v) is 14.1. The number of hydrogen-bond acceptors (Lipinski definition) is 24. The number of phosphoric acid groups is 1. The molecule has 3 fully saturated rings. The number of H-pyrrole nitrogens is 1. The number of aliphatic hydroxyl groups is 1. The number of fused-ring (bicyclic) bond motifs is 1. The van der Waals surface area contributed by atoms with E-state index in [1.807, 2.05) is 0 Å². The number of urea groups is 1. The maximum atomic E-state index is 14.3. The number of carbonyl (C=O) groups excluding carboxylic acids is 16. The number of primary amides is 2. The molecule has 0 spiro atoms. The van der Waals surface area contributed by atoms with E-state index in [2.05, 4.69) is 88.9 Å². The second-order valence-electron chi connectivity index (χ2n) is 25.9. The van der Waals surface area contributed by atoms with Gasteiger partial charge < -0.3 is 116 Å². The molecule has 3 saturated heterocycles. The molecule has 0 bridgehead atoms. The molecule has 46 heteroatoms. The minimum Gasteiger partial charge on any atom is -0.481 e. The molecule has 1 aromatic heterocycles. The van der Waals surface area contributed by atoms with Crippen molar-refractivity contribution in [3.8, 4) is 0 Å². The van der Waals surface area contributed by atoms with E-state index in [4.69, 9.17) is 11.5 Å². The summed E-state index contributed by atoms with van der Waals surface area (Å²) in [5, 5.41) is 54.4. The Bertz CT molecular complexity index is 3380. The number of unbranched alkanes of at least 4 members (excludes halogenated alkanes) is 1. The van der Waals surface area contributed by atoms with Gasteiger partial charge in [0.15, 0.2) is 0 Å². The van der Waals surface area contributed by atoms with Gasteiger partial charge >= 0.3 is 19.8 Å². The fourth-order valence-electron chi connectivity index (χ4n) is 11.3. The van der Waals surface area contributed by atoms with E-state index in [1.54, 1.807) is 38.1 Å². The number of amides is 17. The summed E-state index contributed by atoms with van der Waals surface area (Å²) in [5.41, 5.74) is 11.3. The van der Waals surface area contributed by atoms with E-state index in [-0.39, 0.29) is 86.5 Å². The smallest absolute Gasteiger partial charge is 0.469 e. The molecule has 1 aromatic rings. The number of nitrogens with one attached hydrogen (secondary N) is 15. The molecule has 4 heterocycles. The number of likely N-dealkylation sites (tertiary alicyclic amines) is 1. The van der Waals surface area contributed by atoms with E-state index in [9.17, 15) is 106 Å². The first-order valence-electron chi connectivity index (χ1n) is 34.6. The van der Waals surface area contributed by atoms with Gasteiger partial charge in [0, 0.05) is 55.1 Å². The first-order valence-corrected chi connectivity index (χ1v) is 40.0. The van der Waals surface area contributed by atoms with Crippen molar-refractivity contribution in [1.82, 2.24) is 89.3 Å². The van der Waals surface area contributed by atoms with E-state index in [0.717, 1.165) is 24.0 Å². The van der Waals surface area contributed by atoms with Crippen LogP contribution in [0.1, 0.15) is 110 Å². The lowest BCUT2D eigenvalue weighted by Crippen LogP contribution is -2.61. The highest BCUT2D eigenvalue weighted by molar-refractivity contribution is 8.00. The highest BCUT2D eigenvalue weighted by Crippen LogP contribution is 2.36. The van der Waals surface area contributed by atoms with Crippen LogP contribution in [0.15, 0.2) is 12.5 Å². The van der Waals surface area contributed by atoms with E-state index in [1.165, 1.54) is 36.0 Å². The average Bonchev–Trinajstić information content (AvgIpc) is 1.66. The number of hydrogen-bond donors (Lipinski definition) is 21. The predicted molar refractivity (Wildman–Crippen MR) is 388 cm³/mol. The van der Waals surface area contributed by atoms with Crippen molar-refractivity contribution in [3.05, 3.63) is 18.2 Å². The third-order valence-corrected chi connectivity index (χ3v) is 20.2. The van der Waals surface area contributed by atoms with Gasteiger partial charge in [0.05, 0.1) is 51.3 Å². The van der Waals surface area contributed by atoms with Crippen LogP contribution in [-0.4, -0.2) is 282 Å². The minimum atomic E-state index is -5.44. The molecule has 108 heavy (non-hydrogen) atoms. The van der Waals surface area contributed by atoms with Crippen molar-refractivity contribution in [2.45, 2.75) is 188 Å². The number of aliphatic hydroxyl groups excluding tert-OH is 1. The molecule has 1 unspecified atom stereocenters. The summed E-state index contributed by atoms with van der Waals surface area (Å²) in [6.45, 7) is -0.0974. The number of thioether (sulfide) groups is 3. The molecule has 17 amide bonds. The van der Waals surface area contributed by atoms with Crippen molar-refractivity contribution < 1.29 is 111 Å². The van der Waals surface area contributed by atoms with Crippen LogP contribution in [0.25, 0.3) is 0 Å². The molecule has 0 aliphatic carbocycles. The molecular weight excluding hydrogens is 1510 g/mol. The first kappa shape index (κ1) is 91.5. The SMILES string of the molecule is CSCC[C@H](NC(=O)[C@H](Cc1cnc[nH]1)NC(=O)[C@H](CC(C)C)NC(=O)CNC(=O)C1CCCN1C(=O)[C@H](COP(=O)(O)O)NC(=O)[C@H](CO)NC(=O)[C@H](CCC(N)=O)NC(=O)[C@H](C)NC(=O)[C@H](CCC(=O)O)NC(=O)[C@H](CCSC)NC(=O)CNC(=O)CNC(=O)CCCC[C@@H]1SC[C@@H]2NC(=O)N[C@@H]21)C(N)=O. The van der Waals surface area contributed by atoms with E-state index < -0.39 is 221 Å². The summed E-state index contributed by atoms with van der Waals surface area (Å²) in [6, 6.07) is -15.9. The first-order chi connectivity index (χ1) is 51.0. The van der Waals surface area contributed by atoms with Crippen molar-refractivity contribution in [3.63, 3.8) is 0 Å². The standard InChI is InChI=1S/C62H100N19O23PS3/c1-31(2)21-38(57(95)76-39(22-33-23-65-30-69-33)58(96)73-34(52(64)90)16-19-106-4)72-49(87)26-68-60(98)43-9-8-18-81(43)61(99)41(28-104-105(101,102)103)78-59(97)40(27-82)77-55(93)35(12-14-45(63)83)74-53(91)32(3)70-54(92)36(13-15-50(88)89)75-56(94)37(17-20-107-5)71-48(86)25-67-47(85)24-66-46(84)11-7-6-10-44-51-42(29-108-44)79-62(100)80-51/h23,30-32,34-44,51,82H,6-22,24-29H2,1-5H3,(H2,63,83)(H2,64,90)(H,65,69)(H,66,84)(H,67,85)(H,68,98)(H,70,92)(H,71,86)(H,72,87)(H,73,96)(H,74,91)(H,75,94)(H,76,95)(H,77,93)(H,78,97)(H,88,89)(H2,79,80,100)(H2,101,102,103)/t32-,34-,35-,36-,37-,38-,39-,40-,41-,42-,43?,44-,51-/m0/s1. The number of carboxylic acids is 1. The number of carbonyl (C=O) groups is 17. The van der Waals surface area contributed by atoms with Crippen molar-refractivity contribution in [2.75, 3.05) is 69.2 Å². The quantitative estimate of drug-likeness (QED) is 0.0164. The summed E-state index contributed by atoms with van der Waals surface area (Å²) in [4.78, 5) is 251. The summed E-state index contributed by atoms with van der Waals surface area (Å²) in [5.74, 6) is -14.6. The lowest BCUT2D eigenvalue weighted by Gasteiger charge is -2.30. The maximum Gasteiger partial charge on any atom is 0.469 e. The van der Waals surface area contributed by atoms with Crippen LogP contribution in [-0.2, 0) is 92.2 Å². The molecule has 23 N–H and O–H groups in total. The Morgan fingerprint density at radius 2 is 1.19 bits per heavy atom. The topological polar surface area (TPSA) is 650 Å². The van der Waals surface area contributed by atoms with Crippen molar-refractivity contribution in [2.24, 2.45) is 17.4 Å². The summed E-state index contributed by atoms with van der Waals surface area (Å²) in [6.07, 6.45) is 5.98. The van der Waals surface area contributed by atoms with Gasteiger partial charge in [0.25, 0.3) is 0 Å². The van der Waals surface area contributed by atoms with Crippen LogP contribution in [0.3, 0.4) is 0 Å². The Hall–Kier alpha value is -8.88. The summed E-state index contributed by atoms with van der Waals surface area (Å²) < 4.78 is 16.5. The fraction of sp³-hybridized carbons (Fsp3) is 0.677. The second kappa shape index (κ2) is 46.5. The van der Waals surface area contributed by atoms with Crippen LogP contribution in [0, 0.1) is 5.92 Å². The van der Waals surface area contributed by atoms with Gasteiger partial charge in [-0.25, -0.2) is 14.3 Å². The molecular formula is C62H100N19O23PS3. The van der Waals surface area contributed by atoms with Gasteiger partial charge in [0.2, 0.25) is 88.6 Å². The number of imidazole rings is 1. The Balaban J connectivity index is 1.37. The summed E-state index contributed by atoms with van der Waals surface area (Å²) in [7, 11) is -5.44. The highest BCUT2D eigenvalue weighted by atomic mass is 32.2.